The maximum absolute atomic E-state index is 12.3. The smallest absolute Gasteiger partial charge is 0.231 e. The van der Waals surface area contributed by atoms with Gasteiger partial charge in [-0.15, -0.1) is 0 Å². The zero-order chi connectivity index (χ0) is 16.2. The Morgan fingerprint density at radius 3 is 3.09 bits per heavy atom. The van der Waals surface area contributed by atoms with Gasteiger partial charge in [0.1, 0.15) is 11.5 Å². The van der Waals surface area contributed by atoms with Gasteiger partial charge in [-0.05, 0) is 19.1 Å². The van der Waals surface area contributed by atoms with Crippen molar-refractivity contribution in [2.75, 3.05) is 5.32 Å². The number of aromatic nitrogens is 3. The number of carbonyl (C=O) groups excluding carboxylic acids is 1. The number of nitriles is 1. The fraction of sp³-hybridized carbons (Fsp3) is 0.250. The Morgan fingerprint density at radius 2 is 2.26 bits per heavy atom. The molecule has 7 heteroatoms. The Bertz CT molecular complexity index is 887. The molecule has 0 atom stereocenters. The van der Waals surface area contributed by atoms with Gasteiger partial charge in [-0.1, -0.05) is 17.3 Å². The Morgan fingerprint density at radius 1 is 1.43 bits per heavy atom. The van der Waals surface area contributed by atoms with Crippen molar-refractivity contribution in [3.8, 4) is 6.07 Å². The van der Waals surface area contributed by atoms with Crippen LogP contribution < -0.4 is 5.32 Å². The predicted octanol–water partition coefficient (Wildman–Crippen LogP) is 2.43. The summed E-state index contributed by atoms with van der Waals surface area (Å²) in [6.45, 7) is 2.27. The Balaban J connectivity index is 1.74. The zero-order valence-electron chi connectivity index (χ0n) is 12.6. The van der Waals surface area contributed by atoms with E-state index in [2.05, 4.69) is 21.6 Å². The lowest BCUT2D eigenvalue weighted by Crippen LogP contribution is -2.18. The number of para-hydroxylation sites is 1. The van der Waals surface area contributed by atoms with Gasteiger partial charge >= 0.3 is 0 Å². The van der Waals surface area contributed by atoms with Gasteiger partial charge in [0.2, 0.25) is 5.91 Å². The van der Waals surface area contributed by atoms with Crippen LogP contribution in [0.25, 0.3) is 11.0 Å². The van der Waals surface area contributed by atoms with Crippen LogP contribution in [0.2, 0.25) is 0 Å². The van der Waals surface area contributed by atoms with Gasteiger partial charge in [0, 0.05) is 11.5 Å². The molecule has 0 aliphatic rings. The minimum atomic E-state index is -0.206. The van der Waals surface area contributed by atoms with Crippen molar-refractivity contribution < 1.29 is 9.32 Å². The molecule has 0 aliphatic heterocycles. The third-order valence-electron chi connectivity index (χ3n) is 3.39. The minimum Gasteiger partial charge on any atom is -0.356 e. The molecule has 0 bridgehead atoms. The molecule has 0 saturated heterocycles. The van der Waals surface area contributed by atoms with Crippen molar-refractivity contribution >= 4 is 22.7 Å². The number of hydrogen-bond donors (Lipinski definition) is 1. The maximum Gasteiger partial charge on any atom is 0.231 e. The molecule has 0 spiro atoms. The van der Waals surface area contributed by atoms with E-state index < -0.39 is 0 Å². The number of hydrogen-bond acceptors (Lipinski definition) is 5. The lowest BCUT2D eigenvalue weighted by Gasteiger charge is -2.06. The third kappa shape index (κ3) is 3.21. The van der Waals surface area contributed by atoms with E-state index in [1.165, 1.54) is 0 Å². The average molecular weight is 309 g/mol. The van der Waals surface area contributed by atoms with Gasteiger partial charge in [-0.3, -0.25) is 4.79 Å². The first kappa shape index (κ1) is 14.8. The fourth-order valence-corrected chi connectivity index (χ4v) is 2.38. The molecule has 1 aromatic carbocycles. The highest BCUT2D eigenvalue weighted by Crippen LogP contribution is 2.19. The molecule has 2 aromatic heterocycles. The summed E-state index contributed by atoms with van der Waals surface area (Å²) in [6.07, 6.45) is 0.442. The van der Waals surface area contributed by atoms with E-state index in [4.69, 9.17) is 9.78 Å². The highest BCUT2D eigenvalue weighted by molar-refractivity contribution is 5.94. The van der Waals surface area contributed by atoms with Gasteiger partial charge in [0.25, 0.3) is 0 Å². The van der Waals surface area contributed by atoms with E-state index in [1.54, 1.807) is 10.7 Å². The van der Waals surface area contributed by atoms with Crippen molar-refractivity contribution in [2.24, 2.45) is 0 Å². The molecular formula is C16H15N5O2. The topological polar surface area (TPSA) is 96.7 Å². The first-order chi connectivity index (χ1) is 11.2. The van der Waals surface area contributed by atoms with Crippen LogP contribution in [0.5, 0.6) is 0 Å². The molecule has 2 heterocycles. The molecule has 3 rings (SSSR count). The lowest BCUT2D eigenvalue weighted by atomic mass is 10.1. The highest BCUT2D eigenvalue weighted by Gasteiger charge is 2.14. The molecule has 116 valence electrons. The standard InChI is InChI=1S/C16H15N5O2/c1-11-9-15(21(19-11)8-4-7-17)18-16(22)10-13-12-5-2-3-6-14(12)23-20-13/h2-3,5-6,9H,4,8,10H2,1H3,(H,18,22). The van der Waals surface area contributed by atoms with E-state index in [-0.39, 0.29) is 12.3 Å². The summed E-state index contributed by atoms with van der Waals surface area (Å²) in [7, 11) is 0. The molecular weight excluding hydrogens is 294 g/mol. The van der Waals surface area contributed by atoms with Gasteiger partial charge in [-0.2, -0.15) is 10.4 Å². The van der Waals surface area contributed by atoms with Gasteiger partial charge in [-0.25, -0.2) is 4.68 Å². The average Bonchev–Trinajstić information content (AvgIpc) is 3.09. The molecule has 3 aromatic rings. The van der Waals surface area contributed by atoms with Crippen molar-refractivity contribution in [1.82, 2.24) is 14.9 Å². The molecule has 0 saturated carbocycles. The fourth-order valence-electron chi connectivity index (χ4n) is 2.38. The van der Waals surface area contributed by atoms with Crippen LogP contribution in [-0.2, 0) is 17.8 Å². The number of aryl methyl sites for hydroxylation is 2. The Hall–Kier alpha value is -3.14. The normalized spacial score (nSPS) is 10.6. The number of amides is 1. The minimum absolute atomic E-state index is 0.111. The number of fused-ring (bicyclic) bond motifs is 1. The summed E-state index contributed by atoms with van der Waals surface area (Å²) < 4.78 is 6.82. The summed E-state index contributed by atoms with van der Waals surface area (Å²) in [5.41, 5.74) is 2.04. The van der Waals surface area contributed by atoms with E-state index in [1.807, 2.05) is 31.2 Å². The predicted molar refractivity (Wildman–Crippen MR) is 83.5 cm³/mol. The molecule has 7 nitrogen and oxygen atoms in total. The van der Waals surface area contributed by atoms with Crippen molar-refractivity contribution in [3.63, 3.8) is 0 Å². The summed E-state index contributed by atoms with van der Waals surface area (Å²) in [5, 5.41) is 20.5. The SMILES string of the molecule is Cc1cc(NC(=O)Cc2noc3ccccc23)n(CCC#N)n1. The van der Waals surface area contributed by atoms with Gasteiger partial charge in [0.15, 0.2) is 5.58 Å². The highest BCUT2D eigenvalue weighted by atomic mass is 16.5. The summed E-state index contributed by atoms with van der Waals surface area (Å²) in [4.78, 5) is 12.3. The van der Waals surface area contributed by atoms with Crippen LogP contribution in [0.4, 0.5) is 5.82 Å². The number of nitrogens with zero attached hydrogens (tertiary/aromatic N) is 4. The molecule has 1 amide bonds. The van der Waals surface area contributed by atoms with E-state index in [0.29, 0.717) is 30.1 Å². The van der Waals surface area contributed by atoms with Crippen LogP contribution in [0.3, 0.4) is 0 Å². The van der Waals surface area contributed by atoms with E-state index in [9.17, 15) is 4.79 Å². The molecule has 0 fully saturated rings. The third-order valence-corrected chi connectivity index (χ3v) is 3.39. The van der Waals surface area contributed by atoms with Gasteiger partial charge < -0.3 is 9.84 Å². The van der Waals surface area contributed by atoms with Crippen LogP contribution >= 0.6 is 0 Å². The number of anilines is 1. The van der Waals surface area contributed by atoms with Crippen molar-refractivity contribution in [2.45, 2.75) is 26.3 Å². The monoisotopic (exact) mass is 309 g/mol. The first-order valence-electron chi connectivity index (χ1n) is 7.22. The second kappa shape index (κ2) is 6.32. The van der Waals surface area contributed by atoms with Crippen LogP contribution in [0, 0.1) is 18.3 Å². The quantitative estimate of drug-likeness (QED) is 0.780. The summed E-state index contributed by atoms with van der Waals surface area (Å²) in [6, 6.07) is 11.3. The lowest BCUT2D eigenvalue weighted by molar-refractivity contribution is -0.115. The van der Waals surface area contributed by atoms with Crippen LogP contribution in [0.1, 0.15) is 17.8 Å². The van der Waals surface area contributed by atoms with E-state index in [0.717, 1.165) is 11.1 Å². The first-order valence-corrected chi connectivity index (χ1v) is 7.22. The Labute approximate surface area is 132 Å². The second-order valence-electron chi connectivity index (χ2n) is 5.15. The van der Waals surface area contributed by atoms with Crippen molar-refractivity contribution in [1.29, 1.82) is 5.26 Å². The number of benzene rings is 1. The number of rotatable bonds is 5. The molecule has 0 aliphatic carbocycles. The number of nitrogens with one attached hydrogen (secondary N) is 1. The maximum atomic E-state index is 12.3. The summed E-state index contributed by atoms with van der Waals surface area (Å²) >= 11 is 0. The second-order valence-corrected chi connectivity index (χ2v) is 5.15. The summed E-state index contributed by atoms with van der Waals surface area (Å²) in [5.74, 6) is 0.373. The number of carbonyl (C=O) groups is 1. The molecule has 0 radical (unpaired) electrons. The van der Waals surface area contributed by atoms with Crippen LogP contribution in [0.15, 0.2) is 34.9 Å². The molecule has 23 heavy (non-hydrogen) atoms. The van der Waals surface area contributed by atoms with Crippen molar-refractivity contribution in [3.05, 3.63) is 41.7 Å². The molecule has 1 N–H and O–H groups in total. The molecule has 0 unspecified atom stereocenters. The van der Waals surface area contributed by atoms with E-state index >= 15 is 0 Å². The van der Waals surface area contributed by atoms with Gasteiger partial charge in [0.05, 0.1) is 31.1 Å². The largest absolute Gasteiger partial charge is 0.356 e. The Kier molecular flexibility index (Phi) is 4.06. The van der Waals surface area contributed by atoms with Crippen LogP contribution in [-0.4, -0.2) is 20.8 Å². The zero-order valence-corrected chi connectivity index (χ0v) is 12.6.